The third-order valence-electron chi connectivity index (χ3n) is 11.8. The minimum atomic E-state index is -1.18. The fourth-order valence-corrected chi connectivity index (χ4v) is 8.59. The summed E-state index contributed by atoms with van der Waals surface area (Å²) in [6.45, 7) is 3.66. The van der Waals surface area contributed by atoms with Crippen LogP contribution in [0, 0.1) is 17.5 Å². The molecule has 0 bridgehead atoms. The van der Waals surface area contributed by atoms with Crippen LogP contribution in [0.25, 0.3) is 10.9 Å². The number of hydrogen-bond acceptors (Lipinski definition) is 10. The van der Waals surface area contributed by atoms with E-state index in [0.717, 1.165) is 35.1 Å². The lowest BCUT2D eigenvalue weighted by Crippen LogP contribution is -2.54. The number of imide groups is 2. The lowest BCUT2D eigenvalue weighted by Gasteiger charge is -2.36. The van der Waals surface area contributed by atoms with Gasteiger partial charge in [-0.15, -0.1) is 0 Å². The van der Waals surface area contributed by atoms with Crippen molar-refractivity contribution in [3.05, 3.63) is 118 Å². The van der Waals surface area contributed by atoms with Gasteiger partial charge in [0.05, 0.1) is 22.2 Å². The fraction of sp³-hybridized carbons (Fsp3) is 0.318. The standard InChI is InChI=1S/C44H41F3N8O6/c45-27-18-25(19-28(46)21-27)17-24-1-6-34-33(20-24)40(52-51-34)50-41(57)31-5-3-30(22-35(31)48-29-9-15-61-16-10-29)54-13-11-53(12-14-54)23-26-2-4-32-38(39(26)47)44(60)55(43(32)59)36-7-8-37(56)49-42(36)58/h1-6,18-22,29,36,48H,7-17,23H2,(H,49,56,58)(H2,50,51,52,57). The zero-order chi connectivity index (χ0) is 42.4. The average molecular weight is 835 g/mol. The monoisotopic (exact) mass is 834 g/mol. The highest BCUT2D eigenvalue weighted by atomic mass is 19.1. The van der Waals surface area contributed by atoms with Gasteiger partial charge in [0.2, 0.25) is 11.8 Å². The van der Waals surface area contributed by atoms with Crippen molar-refractivity contribution < 1.29 is 41.9 Å². The third-order valence-corrected chi connectivity index (χ3v) is 11.8. The molecule has 4 aliphatic rings. The van der Waals surface area contributed by atoms with Gasteiger partial charge in [-0.2, -0.15) is 5.10 Å². The zero-order valence-corrected chi connectivity index (χ0v) is 32.9. The van der Waals surface area contributed by atoms with Crippen LogP contribution in [-0.4, -0.2) is 101 Å². The topological polar surface area (TPSA) is 169 Å². The van der Waals surface area contributed by atoms with Crippen molar-refractivity contribution in [2.75, 3.05) is 54.9 Å². The van der Waals surface area contributed by atoms with Crippen LogP contribution in [0.2, 0.25) is 0 Å². The SMILES string of the molecule is O=C1CCC(N2C(=O)c3ccc(CN4CCN(c5ccc(C(=O)Nc6n[nH]c7ccc(Cc8cc(F)cc(F)c8)cc67)c(NC6CCOCC6)c5)CC4)c(F)c3C2=O)C(=O)N1. The minimum absolute atomic E-state index is 0.0198. The number of carbonyl (C=O) groups excluding carboxylic acids is 5. The van der Waals surface area contributed by atoms with Gasteiger partial charge in [0.25, 0.3) is 17.7 Å². The number of nitrogens with zero attached hydrogens (tertiary/aromatic N) is 4. The molecule has 9 rings (SSSR count). The molecule has 1 aromatic heterocycles. The van der Waals surface area contributed by atoms with E-state index in [0.29, 0.717) is 72.9 Å². The van der Waals surface area contributed by atoms with Crippen molar-refractivity contribution in [1.82, 2.24) is 25.3 Å². The van der Waals surface area contributed by atoms with Gasteiger partial charge < -0.3 is 20.3 Å². The molecule has 14 nitrogen and oxygen atoms in total. The summed E-state index contributed by atoms with van der Waals surface area (Å²) in [7, 11) is 0. The summed E-state index contributed by atoms with van der Waals surface area (Å²) >= 11 is 0. The number of fused-ring (bicyclic) bond motifs is 2. The molecule has 17 heteroatoms. The second-order valence-corrected chi connectivity index (χ2v) is 15.8. The number of benzene rings is 4. The Labute approximate surface area is 347 Å². The third kappa shape index (κ3) is 8.05. The molecule has 0 saturated carbocycles. The van der Waals surface area contributed by atoms with Crippen molar-refractivity contribution in [3.8, 4) is 0 Å². The van der Waals surface area contributed by atoms with Crippen molar-refractivity contribution in [2.45, 2.75) is 50.7 Å². The Balaban J connectivity index is 0.887. The van der Waals surface area contributed by atoms with Crippen LogP contribution in [0.5, 0.6) is 0 Å². The van der Waals surface area contributed by atoms with Crippen molar-refractivity contribution in [2.24, 2.45) is 0 Å². The maximum atomic E-state index is 16.0. The predicted molar refractivity (Wildman–Crippen MR) is 218 cm³/mol. The van der Waals surface area contributed by atoms with Gasteiger partial charge in [0.1, 0.15) is 23.5 Å². The summed E-state index contributed by atoms with van der Waals surface area (Å²) in [5, 5.41) is 16.6. The van der Waals surface area contributed by atoms with Gasteiger partial charge in [-0.3, -0.25) is 44.2 Å². The van der Waals surface area contributed by atoms with Gasteiger partial charge >= 0.3 is 0 Å². The van der Waals surface area contributed by atoms with E-state index in [4.69, 9.17) is 4.74 Å². The molecular formula is C44H41F3N8O6. The molecular weight excluding hydrogens is 794 g/mol. The summed E-state index contributed by atoms with van der Waals surface area (Å²) in [6.07, 6.45) is 1.75. The summed E-state index contributed by atoms with van der Waals surface area (Å²) in [5.41, 5.74) is 3.66. The van der Waals surface area contributed by atoms with Crippen LogP contribution in [0.3, 0.4) is 0 Å². The Kier molecular flexibility index (Phi) is 10.8. The molecule has 4 aromatic carbocycles. The van der Waals surface area contributed by atoms with E-state index < -0.39 is 47.1 Å². The zero-order valence-electron chi connectivity index (χ0n) is 32.9. The van der Waals surface area contributed by atoms with Crippen molar-refractivity contribution in [3.63, 3.8) is 0 Å². The van der Waals surface area contributed by atoms with E-state index in [-0.39, 0.29) is 54.4 Å². The normalized spacial score (nSPS) is 18.8. The molecule has 5 amide bonds. The first kappa shape index (κ1) is 39.8. The van der Waals surface area contributed by atoms with Crippen molar-refractivity contribution >= 4 is 57.6 Å². The lowest BCUT2D eigenvalue weighted by atomic mass is 10.0. The van der Waals surface area contributed by atoms with Crippen molar-refractivity contribution in [1.29, 1.82) is 0 Å². The number of anilines is 3. The van der Waals surface area contributed by atoms with Gasteiger partial charge in [-0.1, -0.05) is 12.1 Å². The summed E-state index contributed by atoms with van der Waals surface area (Å²) in [5.74, 6) is -5.07. The second-order valence-electron chi connectivity index (χ2n) is 15.8. The van der Waals surface area contributed by atoms with Crippen LogP contribution in [0.4, 0.5) is 30.4 Å². The minimum Gasteiger partial charge on any atom is -0.381 e. The molecule has 0 aliphatic carbocycles. The largest absolute Gasteiger partial charge is 0.381 e. The number of H-pyrrole nitrogens is 1. The number of rotatable bonds is 10. The summed E-state index contributed by atoms with van der Waals surface area (Å²) in [4.78, 5) is 69.6. The Morgan fingerprint density at radius 1 is 0.836 bits per heavy atom. The smallest absolute Gasteiger partial charge is 0.265 e. The van der Waals surface area contributed by atoms with Crippen LogP contribution in [-0.2, 0) is 27.3 Å². The highest BCUT2D eigenvalue weighted by molar-refractivity contribution is 6.23. The van der Waals surface area contributed by atoms with Gasteiger partial charge in [-0.05, 0) is 85.3 Å². The number of carbonyl (C=O) groups is 5. The van der Waals surface area contributed by atoms with Gasteiger partial charge in [-0.25, -0.2) is 13.2 Å². The molecule has 1 unspecified atom stereocenters. The average Bonchev–Trinajstić information content (AvgIpc) is 3.75. The lowest BCUT2D eigenvalue weighted by molar-refractivity contribution is -0.136. The number of ether oxygens (including phenoxy) is 1. The molecule has 314 valence electrons. The van der Waals surface area contributed by atoms with E-state index >= 15 is 4.39 Å². The molecule has 5 heterocycles. The quantitative estimate of drug-likeness (QED) is 0.138. The Morgan fingerprint density at radius 3 is 2.36 bits per heavy atom. The van der Waals surface area contributed by atoms with Crippen LogP contribution >= 0.6 is 0 Å². The highest BCUT2D eigenvalue weighted by Gasteiger charge is 2.46. The van der Waals surface area contributed by atoms with Gasteiger partial charge in [0.15, 0.2) is 5.82 Å². The second kappa shape index (κ2) is 16.5. The Bertz CT molecular complexity index is 2580. The molecule has 3 fully saturated rings. The Morgan fingerprint density at radius 2 is 1.61 bits per heavy atom. The van der Waals surface area contributed by atoms with E-state index in [9.17, 15) is 32.8 Å². The maximum absolute atomic E-state index is 16.0. The number of piperidine rings is 1. The maximum Gasteiger partial charge on any atom is 0.265 e. The summed E-state index contributed by atoms with van der Waals surface area (Å²) in [6, 6.07) is 16.3. The molecule has 1 atom stereocenters. The number of nitrogens with one attached hydrogen (secondary N) is 4. The molecule has 4 aliphatic heterocycles. The number of hydrogen-bond donors (Lipinski definition) is 4. The molecule has 61 heavy (non-hydrogen) atoms. The molecule has 0 spiro atoms. The summed E-state index contributed by atoms with van der Waals surface area (Å²) < 4.78 is 49.3. The molecule has 3 saturated heterocycles. The van der Waals surface area contributed by atoms with Crippen LogP contribution < -0.4 is 20.9 Å². The van der Waals surface area contributed by atoms with E-state index in [1.807, 2.05) is 24.3 Å². The predicted octanol–water partition coefficient (Wildman–Crippen LogP) is 5.14. The first-order valence-corrected chi connectivity index (χ1v) is 20.2. The fourth-order valence-electron chi connectivity index (χ4n) is 8.59. The van der Waals surface area contributed by atoms with E-state index in [1.54, 1.807) is 12.1 Å². The number of aromatic nitrogens is 2. The van der Waals surface area contributed by atoms with E-state index in [1.165, 1.54) is 24.3 Å². The molecule has 0 radical (unpaired) electrons. The molecule has 4 N–H and O–H groups in total. The number of amides is 5. The van der Waals surface area contributed by atoms with Crippen LogP contribution in [0.1, 0.15) is 73.4 Å². The van der Waals surface area contributed by atoms with Crippen LogP contribution in [0.15, 0.2) is 66.7 Å². The first-order chi connectivity index (χ1) is 29.5. The van der Waals surface area contributed by atoms with E-state index in [2.05, 4.69) is 35.9 Å². The number of halogens is 3. The highest BCUT2D eigenvalue weighted by Crippen LogP contribution is 2.33. The first-order valence-electron chi connectivity index (χ1n) is 20.2. The Hall–Kier alpha value is -6.59. The van der Waals surface area contributed by atoms with Gasteiger partial charge in [0, 0.05) is 86.8 Å². The number of piperazine rings is 1. The molecule has 5 aromatic rings. The number of aromatic amines is 1.